The summed E-state index contributed by atoms with van der Waals surface area (Å²) >= 11 is 0. The van der Waals surface area contributed by atoms with Gasteiger partial charge in [0.05, 0.1) is 0 Å². The first-order valence-corrected chi connectivity index (χ1v) is 8.74. The van der Waals surface area contributed by atoms with Gasteiger partial charge < -0.3 is 20.3 Å². The van der Waals surface area contributed by atoms with Gasteiger partial charge in [-0.1, -0.05) is 0 Å². The zero-order chi connectivity index (χ0) is 17.6. The van der Waals surface area contributed by atoms with Crippen LogP contribution >= 0.6 is 0 Å². The van der Waals surface area contributed by atoms with Crippen LogP contribution in [0.1, 0.15) is 32.1 Å². The second-order valence-electron chi connectivity index (χ2n) is 6.34. The fourth-order valence-electron chi connectivity index (χ4n) is 3.11. The van der Waals surface area contributed by atoms with Crippen LogP contribution in [0.15, 0.2) is 24.3 Å². The summed E-state index contributed by atoms with van der Waals surface area (Å²) in [6.45, 7) is 1.25. The third kappa shape index (κ3) is 4.49. The van der Waals surface area contributed by atoms with E-state index in [0.717, 1.165) is 31.5 Å². The van der Waals surface area contributed by atoms with Crippen LogP contribution in [0.2, 0.25) is 0 Å². The number of carbonyl (C=O) groups is 3. The van der Waals surface area contributed by atoms with Crippen molar-refractivity contribution >= 4 is 23.4 Å². The number of anilines is 1. The lowest BCUT2D eigenvalue weighted by atomic mass is 10.1. The normalized spacial score (nSPS) is 20.8. The molecule has 1 aromatic rings. The van der Waals surface area contributed by atoms with E-state index < -0.39 is 6.04 Å². The molecule has 25 heavy (non-hydrogen) atoms. The molecule has 2 N–H and O–H groups in total. The van der Waals surface area contributed by atoms with Gasteiger partial charge >= 0.3 is 0 Å². The average molecular weight is 345 g/mol. The van der Waals surface area contributed by atoms with E-state index in [-0.39, 0.29) is 24.3 Å². The summed E-state index contributed by atoms with van der Waals surface area (Å²) < 4.78 is 5.47. The molecule has 0 bridgehead atoms. The van der Waals surface area contributed by atoms with E-state index in [0.29, 0.717) is 25.1 Å². The summed E-state index contributed by atoms with van der Waals surface area (Å²) in [5.74, 6) is 0.233. The van der Waals surface area contributed by atoms with Gasteiger partial charge in [-0.25, -0.2) is 0 Å². The quantitative estimate of drug-likeness (QED) is 0.833. The van der Waals surface area contributed by atoms with Gasteiger partial charge in [0.25, 0.3) is 5.91 Å². The maximum atomic E-state index is 12.0. The molecule has 134 valence electrons. The predicted molar refractivity (Wildman–Crippen MR) is 92.3 cm³/mol. The van der Waals surface area contributed by atoms with Crippen LogP contribution < -0.4 is 20.3 Å². The van der Waals surface area contributed by atoms with Gasteiger partial charge in [-0.2, -0.15) is 0 Å². The first-order chi connectivity index (χ1) is 12.1. The van der Waals surface area contributed by atoms with Crippen LogP contribution in [0, 0.1) is 0 Å². The molecule has 0 saturated carbocycles. The number of benzene rings is 1. The topological polar surface area (TPSA) is 87.7 Å². The number of hydrogen-bond acceptors (Lipinski definition) is 4. The molecule has 1 atom stereocenters. The molecule has 3 rings (SSSR count). The van der Waals surface area contributed by atoms with Crippen molar-refractivity contribution in [3.63, 3.8) is 0 Å². The molecule has 2 fully saturated rings. The highest BCUT2D eigenvalue weighted by molar-refractivity contribution is 5.95. The molecule has 2 saturated heterocycles. The molecule has 0 spiro atoms. The highest BCUT2D eigenvalue weighted by Gasteiger charge is 2.23. The van der Waals surface area contributed by atoms with Crippen LogP contribution in [0.25, 0.3) is 0 Å². The molecular weight excluding hydrogens is 322 g/mol. The van der Waals surface area contributed by atoms with E-state index in [1.165, 1.54) is 0 Å². The predicted octanol–water partition coefficient (Wildman–Crippen LogP) is 0.977. The van der Waals surface area contributed by atoms with Crippen LogP contribution in [0.4, 0.5) is 5.69 Å². The average Bonchev–Trinajstić information content (AvgIpc) is 2.94. The largest absolute Gasteiger partial charge is 0.484 e. The Morgan fingerprint density at radius 1 is 1.20 bits per heavy atom. The number of nitrogens with zero attached hydrogens (tertiary/aromatic N) is 1. The maximum Gasteiger partial charge on any atom is 0.258 e. The summed E-state index contributed by atoms with van der Waals surface area (Å²) in [7, 11) is 0. The third-order valence-electron chi connectivity index (χ3n) is 4.46. The van der Waals surface area contributed by atoms with Gasteiger partial charge in [-0.3, -0.25) is 14.4 Å². The zero-order valence-corrected chi connectivity index (χ0v) is 14.1. The summed E-state index contributed by atoms with van der Waals surface area (Å²) in [6, 6.07) is 6.63. The van der Waals surface area contributed by atoms with Gasteiger partial charge in [0, 0.05) is 25.2 Å². The highest BCUT2D eigenvalue weighted by Crippen LogP contribution is 2.23. The Kier molecular flexibility index (Phi) is 5.53. The van der Waals surface area contributed by atoms with E-state index >= 15 is 0 Å². The molecule has 0 aromatic heterocycles. The van der Waals surface area contributed by atoms with Crippen molar-refractivity contribution in [2.45, 2.75) is 38.1 Å². The number of hydrogen-bond donors (Lipinski definition) is 2. The molecule has 7 nitrogen and oxygen atoms in total. The van der Waals surface area contributed by atoms with Crippen molar-refractivity contribution in [3.8, 4) is 5.75 Å². The first kappa shape index (κ1) is 17.3. The van der Waals surface area contributed by atoms with Crippen LogP contribution in [0.5, 0.6) is 5.75 Å². The Balaban J connectivity index is 1.48. The lowest BCUT2D eigenvalue weighted by Gasteiger charge is -2.17. The van der Waals surface area contributed by atoms with E-state index in [4.69, 9.17) is 4.74 Å². The summed E-state index contributed by atoms with van der Waals surface area (Å²) in [4.78, 5) is 37.3. The first-order valence-electron chi connectivity index (χ1n) is 8.74. The summed E-state index contributed by atoms with van der Waals surface area (Å²) in [5, 5.41) is 5.50. The minimum Gasteiger partial charge on any atom is -0.484 e. The van der Waals surface area contributed by atoms with Gasteiger partial charge in [0.2, 0.25) is 11.8 Å². The van der Waals surface area contributed by atoms with Crippen molar-refractivity contribution in [1.82, 2.24) is 10.6 Å². The van der Waals surface area contributed by atoms with Crippen molar-refractivity contribution in [2.24, 2.45) is 0 Å². The smallest absolute Gasteiger partial charge is 0.258 e. The fraction of sp³-hybridized carbons (Fsp3) is 0.500. The van der Waals surface area contributed by atoms with Crippen molar-refractivity contribution in [3.05, 3.63) is 24.3 Å². The van der Waals surface area contributed by atoms with Gasteiger partial charge in [0.15, 0.2) is 6.61 Å². The molecule has 2 aliphatic heterocycles. The second-order valence-corrected chi connectivity index (χ2v) is 6.34. The number of rotatable bonds is 5. The molecule has 0 unspecified atom stereocenters. The molecule has 0 radical (unpaired) electrons. The van der Waals surface area contributed by atoms with Crippen LogP contribution in [-0.2, 0) is 14.4 Å². The summed E-state index contributed by atoms with van der Waals surface area (Å²) in [6.07, 6.45) is 3.96. The Bertz CT molecular complexity index is 644. The molecule has 3 amide bonds. The molecular formula is C18H23N3O4. The van der Waals surface area contributed by atoms with E-state index in [9.17, 15) is 14.4 Å². The standard InChI is InChI=1S/C18H23N3O4/c22-16(20-15-4-1-2-10-19-18(15)24)12-25-14-8-6-13(7-9-14)21-11-3-5-17(21)23/h6-9,15H,1-5,10-12H2,(H,19,24)(H,20,22)/t15-/m0/s1. The second kappa shape index (κ2) is 8.00. The van der Waals surface area contributed by atoms with E-state index in [1.807, 2.05) is 12.1 Å². The molecule has 2 aliphatic rings. The third-order valence-corrected chi connectivity index (χ3v) is 4.46. The van der Waals surface area contributed by atoms with E-state index in [1.54, 1.807) is 17.0 Å². The Morgan fingerprint density at radius 2 is 2.00 bits per heavy atom. The van der Waals surface area contributed by atoms with Crippen LogP contribution in [-0.4, -0.2) is 43.5 Å². The SMILES string of the molecule is O=C(COc1ccc(N2CCCC2=O)cc1)N[C@H]1CCCCNC1=O. The summed E-state index contributed by atoms with van der Waals surface area (Å²) in [5.41, 5.74) is 0.842. The van der Waals surface area contributed by atoms with Gasteiger partial charge in [0.1, 0.15) is 11.8 Å². The molecule has 2 heterocycles. The minimum absolute atomic E-state index is 0.134. The minimum atomic E-state index is -0.484. The van der Waals surface area contributed by atoms with Crippen LogP contribution in [0.3, 0.4) is 0 Å². The molecule has 7 heteroatoms. The van der Waals surface area contributed by atoms with Gasteiger partial charge in [-0.15, -0.1) is 0 Å². The lowest BCUT2D eigenvalue weighted by molar-refractivity contribution is -0.129. The van der Waals surface area contributed by atoms with E-state index in [2.05, 4.69) is 10.6 Å². The maximum absolute atomic E-state index is 12.0. The molecule has 1 aromatic carbocycles. The number of ether oxygens (including phenoxy) is 1. The number of nitrogens with one attached hydrogen (secondary N) is 2. The van der Waals surface area contributed by atoms with Crippen molar-refractivity contribution < 1.29 is 19.1 Å². The van der Waals surface area contributed by atoms with Crippen molar-refractivity contribution in [1.29, 1.82) is 0 Å². The van der Waals surface area contributed by atoms with Gasteiger partial charge in [-0.05, 0) is 49.9 Å². The Labute approximate surface area is 146 Å². The molecule has 0 aliphatic carbocycles. The zero-order valence-electron chi connectivity index (χ0n) is 14.1. The lowest BCUT2D eigenvalue weighted by Crippen LogP contribution is -2.46. The number of amides is 3. The highest BCUT2D eigenvalue weighted by atomic mass is 16.5. The Morgan fingerprint density at radius 3 is 2.72 bits per heavy atom. The van der Waals surface area contributed by atoms with Crippen molar-refractivity contribution in [2.75, 3.05) is 24.6 Å². The monoisotopic (exact) mass is 345 g/mol. The number of carbonyl (C=O) groups excluding carboxylic acids is 3. The fourth-order valence-corrected chi connectivity index (χ4v) is 3.11. The Hall–Kier alpha value is -2.57.